The Labute approximate surface area is 107 Å². The van der Waals surface area contributed by atoms with E-state index in [1.807, 2.05) is 0 Å². The first kappa shape index (κ1) is 13.1. The summed E-state index contributed by atoms with van der Waals surface area (Å²) in [5, 5.41) is 15.8. The molecule has 1 saturated carbocycles. The molecule has 1 heterocycles. The molecule has 0 saturated heterocycles. The number of hydrogen-bond donors (Lipinski definition) is 2. The molecule has 1 amide bonds. The van der Waals surface area contributed by atoms with Gasteiger partial charge >= 0.3 is 0 Å². The van der Waals surface area contributed by atoms with E-state index >= 15 is 0 Å². The number of nitrogens with zero attached hydrogens (tertiary/aromatic N) is 1. The first-order chi connectivity index (χ1) is 8.72. The minimum atomic E-state index is -0.215. The molecule has 0 bridgehead atoms. The topological polar surface area (TPSA) is 75.4 Å². The van der Waals surface area contributed by atoms with Gasteiger partial charge in [-0.1, -0.05) is 18.0 Å². The van der Waals surface area contributed by atoms with Gasteiger partial charge < -0.3 is 14.9 Å². The SMILES string of the molecule is Cc1cnoc1C(=O)NCC1CCCCC1CO. The van der Waals surface area contributed by atoms with Crippen molar-refractivity contribution in [3.8, 4) is 0 Å². The van der Waals surface area contributed by atoms with Gasteiger partial charge in [-0.15, -0.1) is 0 Å². The predicted molar refractivity (Wildman–Crippen MR) is 66.1 cm³/mol. The first-order valence-electron chi connectivity index (χ1n) is 6.52. The summed E-state index contributed by atoms with van der Waals surface area (Å²) in [7, 11) is 0. The summed E-state index contributed by atoms with van der Waals surface area (Å²) in [5.74, 6) is 0.754. The second kappa shape index (κ2) is 6.00. The fourth-order valence-corrected chi connectivity index (χ4v) is 2.61. The second-order valence-corrected chi connectivity index (χ2v) is 5.04. The fourth-order valence-electron chi connectivity index (χ4n) is 2.61. The number of carbonyl (C=O) groups excluding carboxylic acids is 1. The number of aromatic nitrogens is 1. The second-order valence-electron chi connectivity index (χ2n) is 5.04. The van der Waals surface area contributed by atoms with E-state index in [0.29, 0.717) is 18.4 Å². The zero-order chi connectivity index (χ0) is 13.0. The summed E-state index contributed by atoms with van der Waals surface area (Å²) in [5.41, 5.74) is 0.745. The van der Waals surface area contributed by atoms with Crippen LogP contribution < -0.4 is 5.32 Å². The third-order valence-electron chi connectivity index (χ3n) is 3.78. The highest BCUT2D eigenvalue weighted by Gasteiger charge is 2.25. The highest BCUT2D eigenvalue weighted by molar-refractivity contribution is 5.92. The van der Waals surface area contributed by atoms with Crippen molar-refractivity contribution in [1.82, 2.24) is 10.5 Å². The van der Waals surface area contributed by atoms with Crippen molar-refractivity contribution in [2.24, 2.45) is 11.8 Å². The molecule has 1 aliphatic rings. The molecule has 18 heavy (non-hydrogen) atoms. The molecule has 100 valence electrons. The molecule has 0 spiro atoms. The summed E-state index contributed by atoms with van der Waals surface area (Å²) in [6, 6.07) is 0. The van der Waals surface area contributed by atoms with Crippen LogP contribution in [0.15, 0.2) is 10.7 Å². The molecule has 5 nitrogen and oxygen atoms in total. The predicted octanol–water partition coefficient (Wildman–Crippen LogP) is 1.51. The van der Waals surface area contributed by atoms with Gasteiger partial charge in [0.05, 0.1) is 6.20 Å². The Balaban J connectivity index is 1.87. The third-order valence-corrected chi connectivity index (χ3v) is 3.78. The maximum atomic E-state index is 11.9. The van der Waals surface area contributed by atoms with Crippen molar-refractivity contribution < 1.29 is 14.4 Å². The number of amides is 1. The van der Waals surface area contributed by atoms with Gasteiger partial charge in [-0.25, -0.2) is 0 Å². The van der Waals surface area contributed by atoms with E-state index < -0.39 is 0 Å². The van der Waals surface area contributed by atoms with Crippen molar-refractivity contribution in [3.05, 3.63) is 17.5 Å². The van der Waals surface area contributed by atoms with Crippen LogP contribution in [-0.2, 0) is 0 Å². The van der Waals surface area contributed by atoms with Crippen LogP contribution in [0.25, 0.3) is 0 Å². The minimum absolute atomic E-state index is 0.210. The number of carbonyl (C=O) groups is 1. The minimum Gasteiger partial charge on any atom is -0.396 e. The molecular weight excluding hydrogens is 232 g/mol. The number of hydrogen-bond acceptors (Lipinski definition) is 4. The molecule has 0 aromatic carbocycles. The molecule has 1 aromatic heterocycles. The maximum Gasteiger partial charge on any atom is 0.290 e. The van der Waals surface area contributed by atoms with Gasteiger partial charge in [-0.3, -0.25) is 4.79 Å². The summed E-state index contributed by atoms with van der Waals surface area (Å²) < 4.78 is 4.91. The number of aliphatic hydroxyl groups is 1. The molecule has 1 aliphatic carbocycles. The molecule has 2 atom stereocenters. The van der Waals surface area contributed by atoms with Crippen molar-refractivity contribution in [1.29, 1.82) is 0 Å². The summed E-state index contributed by atoms with van der Waals surface area (Å²) in [6.07, 6.45) is 6.01. The van der Waals surface area contributed by atoms with E-state index in [4.69, 9.17) is 4.52 Å². The standard InChI is InChI=1S/C13H20N2O3/c1-9-6-15-18-12(9)13(17)14-7-10-4-2-3-5-11(10)8-16/h6,10-11,16H,2-5,7-8H2,1H3,(H,14,17). The maximum absolute atomic E-state index is 11.9. The third kappa shape index (κ3) is 2.90. The van der Waals surface area contributed by atoms with Crippen molar-refractivity contribution in [2.45, 2.75) is 32.6 Å². The highest BCUT2D eigenvalue weighted by Crippen LogP contribution is 2.29. The van der Waals surface area contributed by atoms with E-state index in [1.54, 1.807) is 6.92 Å². The molecule has 0 radical (unpaired) electrons. The average molecular weight is 252 g/mol. The van der Waals surface area contributed by atoms with Gasteiger partial charge in [0, 0.05) is 18.7 Å². The van der Waals surface area contributed by atoms with Gasteiger partial charge in [-0.05, 0) is 31.6 Å². The Hall–Kier alpha value is -1.36. The Morgan fingerprint density at radius 2 is 2.22 bits per heavy atom. The molecule has 2 N–H and O–H groups in total. The van der Waals surface area contributed by atoms with E-state index in [1.165, 1.54) is 19.0 Å². The Kier molecular flexibility index (Phi) is 4.36. The highest BCUT2D eigenvalue weighted by atomic mass is 16.5. The van der Waals surface area contributed by atoms with Gasteiger partial charge in [0.1, 0.15) is 0 Å². The molecule has 1 aromatic rings. The zero-order valence-electron chi connectivity index (χ0n) is 10.7. The van der Waals surface area contributed by atoms with E-state index in [9.17, 15) is 9.90 Å². The lowest BCUT2D eigenvalue weighted by Gasteiger charge is -2.30. The molecule has 0 aliphatic heterocycles. The summed E-state index contributed by atoms with van der Waals surface area (Å²) >= 11 is 0. The Morgan fingerprint density at radius 3 is 2.83 bits per heavy atom. The van der Waals surface area contributed by atoms with Crippen molar-refractivity contribution in [3.63, 3.8) is 0 Å². The first-order valence-corrected chi connectivity index (χ1v) is 6.52. The quantitative estimate of drug-likeness (QED) is 0.851. The fraction of sp³-hybridized carbons (Fsp3) is 0.692. The van der Waals surface area contributed by atoms with Gasteiger partial charge in [-0.2, -0.15) is 0 Å². The Bertz CT molecular complexity index is 403. The van der Waals surface area contributed by atoms with E-state index in [0.717, 1.165) is 18.4 Å². The van der Waals surface area contributed by atoms with Crippen LogP contribution in [0, 0.1) is 18.8 Å². The van der Waals surface area contributed by atoms with Crippen LogP contribution in [-0.4, -0.2) is 29.3 Å². The molecule has 1 fully saturated rings. The largest absolute Gasteiger partial charge is 0.396 e. The van der Waals surface area contributed by atoms with Crippen molar-refractivity contribution in [2.75, 3.05) is 13.2 Å². The van der Waals surface area contributed by atoms with Crippen LogP contribution >= 0.6 is 0 Å². The zero-order valence-corrected chi connectivity index (χ0v) is 10.7. The van der Waals surface area contributed by atoms with E-state index in [2.05, 4.69) is 10.5 Å². The van der Waals surface area contributed by atoms with Crippen LogP contribution in [0.4, 0.5) is 0 Å². The van der Waals surface area contributed by atoms with Gasteiger partial charge in [0.15, 0.2) is 0 Å². The lowest BCUT2D eigenvalue weighted by Crippen LogP contribution is -2.35. The average Bonchev–Trinajstić information content (AvgIpc) is 2.82. The van der Waals surface area contributed by atoms with Crippen LogP contribution in [0.1, 0.15) is 41.8 Å². The lowest BCUT2D eigenvalue weighted by molar-refractivity contribution is 0.0873. The molecule has 5 heteroatoms. The summed E-state index contributed by atoms with van der Waals surface area (Å²) in [4.78, 5) is 11.9. The van der Waals surface area contributed by atoms with Crippen LogP contribution in [0.5, 0.6) is 0 Å². The molecular formula is C13H20N2O3. The Morgan fingerprint density at radius 1 is 1.50 bits per heavy atom. The summed E-state index contributed by atoms with van der Waals surface area (Å²) in [6.45, 7) is 2.61. The van der Waals surface area contributed by atoms with Gasteiger partial charge in [0.25, 0.3) is 5.91 Å². The normalized spacial score (nSPS) is 23.9. The smallest absolute Gasteiger partial charge is 0.290 e. The number of nitrogens with one attached hydrogen (secondary N) is 1. The number of aryl methyl sites for hydroxylation is 1. The molecule has 2 unspecified atom stereocenters. The number of rotatable bonds is 4. The molecule has 2 rings (SSSR count). The van der Waals surface area contributed by atoms with Gasteiger partial charge in [0.2, 0.25) is 5.76 Å². The van der Waals surface area contributed by atoms with Crippen molar-refractivity contribution >= 4 is 5.91 Å². The van der Waals surface area contributed by atoms with Crippen LogP contribution in [0.3, 0.4) is 0 Å². The monoisotopic (exact) mass is 252 g/mol. The van der Waals surface area contributed by atoms with E-state index in [-0.39, 0.29) is 18.3 Å². The van der Waals surface area contributed by atoms with Crippen LogP contribution in [0.2, 0.25) is 0 Å². The number of aliphatic hydroxyl groups excluding tert-OH is 1. The lowest BCUT2D eigenvalue weighted by atomic mass is 9.79.